The third-order valence-corrected chi connectivity index (χ3v) is 11.2. The SMILES string of the molecule is CC(C)(C)c1cc2ccc3c(-c4ccc(-c5ccc6oc7ccccc7c6c5)cc4)cc(-c4cccc5c4oc4ccccc45)c4ccc(c1)c2c34. The van der Waals surface area contributed by atoms with Gasteiger partial charge in [-0.2, -0.15) is 0 Å². The van der Waals surface area contributed by atoms with Crippen LogP contribution in [0, 0.1) is 0 Å². The van der Waals surface area contributed by atoms with Gasteiger partial charge in [-0.25, -0.2) is 0 Å². The van der Waals surface area contributed by atoms with Crippen molar-refractivity contribution in [1.82, 2.24) is 0 Å². The van der Waals surface area contributed by atoms with Gasteiger partial charge in [0.05, 0.1) is 0 Å². The first-order valence-corrected chi connectivity index (χ1v) is 18.1. The van der Waals surface area contributed by atoms with Gasteiger partial charge in [-0.05, 0) is 101 Å². The molecule has 0 spiro atoms. The van der Waals surface area contributed by atoms with Gasteiger partial charge in [0.1, 0.15) is 22.3 Å². The first-order valence-electron chi connectivity index (χ1n) is 18.1. The van der Waals surface area contributed by atoms with Crippen LogP contribution in [0.1, 0.15) is 26.3 Å². The van der Waals surface area contributed by atoms with E-state index in [2.05, 4.69) is 154 Å². The zero-order valence-electron chi connectivity index (χ0n) is 29.3. The highest BCUT2D eigenvalue weighted by atomic mass is 16.3. The van der Waals surface area contributed by atoms with Crippen LogP contribution in [-0.2, 0) is 5.41 Å². The Labute approximate surface area is 300 Å². The van der Waals surface area contributed by atoms with Crippen molar-refractivity contribution in [2.45, 2.75) is 26.2 Å². The molecule has 0 bridgehead atoms. The second-order valence-corrected chi connectivity index (χ2v) is 15.3. The van der Waals surface area contributed by atoms with Crippen molar-refractivity contribution >= 4 is 76.2 Å². The van der Waals surface area contributed by atoms with E-state index >= 15 is 0 Å². The topological polar surface area (TPSA) is 26.3 Å². The van der Waals surface area contributed by atoms with E-state index in [0.717, 1.165) is 49.4 Å². The van der Waals surface area contributed by atoms with Gasteiger partial charge in [0, 0.05) is 27.1 Å². The minimum Gasteiger partial charge on any atom is -0.456 e. The zero-order chi connectivity index (χ0) is 34.7. The molecule has 2 heterocycles. The number of para-hydroxylation sites is 3. The van der Waals surface area contributed by atoms with Crippen LogP contribution in [0.4, 0.5) is 0 Å². The predicted octanol–water partition coefficient (Wildman–Crippen LogP) is 14.7. The van der Waals surface area contributed by atoms with Crippen LogP contribution in [0.5, 0.6) is 0 Å². The summed E-state index contributed by atoms with van der Waals surface area (Å²) in [6, 6.07) is 55.2. The third kappa shape index (κ3) is 4.25. The molecule has 2 aromatic heterocycles. The molecule has 246 valence electrons. The lowest BCUT2D eigenvalue weighted by atomic mass is 9.81. The van der Waals surface area contributed by atoms with Crippen LogP contribution in [-0.4, -0.2) is 0 Å². The van der Waals surface area contributed by atoms with Gasteiger partial charge < -0.3 is 8.83 Å². The van der Waals surface area contributed by atoms with E-state index in [-0.39, 0.29) is 5.41 Å². The summed E-state index contributed by atoms with van der Waals surface area (Å²) in [6.07, 6.45) is 0. The van der Waals surface area contributed by atoms with Gasteiger partial charge >= 0.3 is 0 Å². The zero-order valence-corrected chi connectivity index (χ0v) is 29.3. The summed E-state index contributed by atoms with van der Waals surface area (Å²) >= 11 is 0. The Morgan fingerprint density at radius 2 is 0.962 bits per heavy atom. The van der Waals surface area contributed by atoms with Crippen molar-refractivity contribution in [2.24, 2.45) is 0 Å². The van der Waals surface area contributed by atoms with Crippen LogP contribution >= 0.6 is 0 Å². The van der Waals surface area contributed by atoms with E-state index in [1.807, 2.05) is 18.2 Å². The van der Waals surface area contributed by atoms with Gasteiger partial charge in [-0.3, -0.25) is 0 Å². The molecule has 0 aliphatic rings. The van der Waals surface area contributed by atoms with E-state index < -0.39 is 0 Å². The summed E-state index contributed by atoms with van der Waals surface area (Å²) in [6.45, 7) is 6.88. The Kier molecular flexibility index (Phi) is 5.97. The summed E-state index contributed by atoms with van der Waals surface area (Å²) in [5.74, 6) is 0. The molecule has 2 nitrogen and oxygen atoms in total. The van der Waals surface area contributed by atoms with Gasteiger partial charge in [0.25, 0.3) is 0 Å². The largest absolute Gasteiger partial charge is 0.456 e. The van der Waals surface area contributed by atoms with E-state index in [4.69, 9.17) is 8.83 Å². The summed E-state index contributed by atoms with van der Waals surface area (Å²) in [5.41, 5.74) is 12.1. The highest BCUT2D eigenvalue weighted by Gasteiger charge is 2.22. The maximum Gasteiger partial charge on any atom is 0.143 e. The summed E-state index contributed by atoms with van der Waals surface area (Å²) in [7, 11) is 0. The molecule has 11 aromatic rings. The van der Waals surface area contributed by atoms with E-state index in [9.17, 15) is 0 Å². The fraction of sp³-hybridized carbons (Fsp3) is 0.0800. The number of hydrogen-bond acceptors (Lipinski definition) is 2. The number of hydrogen-bond donors (Lipinski definition) is 0. The van der Waals surface area contributed by atoms with Crippen LogP contribution in [0.25, 0.3) is 110 Å². The quantitative estimate of drug-likeness (QED) is 0.175. The van der Waals surface area contributed by atoms with Gasteiger partial charge in [-0.15, -0.1) is 0 Å². The molecule has 0 N–H and O–H groups in total. The molecule has 0 fully saturated rings. The lowest BCUT2D eigenvalue weighted by Gasteiger charge is -2.23. The Bertz CT molecular complexity index is 3180. The van der Waals surface area contributed by atoms with Crippen LogP contribution in [0.3, 0.4) is 0 Å². The van der Waals surface area contributed by atoms with Gasteiger partial charge in [0.15, 0.2) is 0 Å². The number of furan rings is 2. The average Bonchev–Trinajstić information content (AvgIpc) is 3.74. The highest BCUT2D eigenvalue weighted by Crippen LogP contribution is 2.47. The fourth-order valence-electron chi connectivity index (χ4n) is 8.52. The number of rotatable bonds is 3. The molecule has 0 unspecified atom stereocenters. The first kappa shape index (κ1) is 29.4. The standard InChI is InChI=1S/C50H34O2/c1-50(2,3)34-25-32-19-22-37-41(30-17-15-29(16-18-30)31-21-24-46-43(27-31)36-10-5-6-13-44(36)51-46)28-42(38-23-20-33(26-34)47(32)48(37)38)40-12-8-11-39-35-9-4-7-14-45(35)52-49(39)40/h4-28H,1-3H3. The smallest absolute Gasteiger partial charge is 0.143 e. The Morgan fingerprint density at radius 3 is 1.69 bits per heavy atom. The monoisotopic (exact) mass is 666 g/mol. The second-order valence-electron chi connectivity index (χ2n) is 15.3. The van der Waals surface area contributed by atoms with E-state index in [1.165, 1.54) is 65.7 Å². The molecule has 52 heavy (non-hydrogen) atoms. The predicted molar refractivity (Wildman–Crippen MR) is 220 cm³/mol. The number of fused-ring (bicyclic) bond motifs is 6. The fourth-order valence-corrected chi connectivity index (χ4v) is 8.52. The second kappa shape index (κ2) is 10.6. The molecule has 11 rings (SSSR count). The summed E-state index contributed by atoms with van der Waals surface area (Å²) in [4.78, 5) is 0. The minimum absolute atomic E-state index is 0.0503. The van der Waals surface area contributed by atoms with Gasteiger partial charge in [0.2, 0.25) is 0 Å². The van der Waals surface area contributed by atoms with E-state index in [1.54, 1.807) is 0 Å². The van der Waals surface area contributed by atoms with E-state index in [0.29, 0.717) is 0 Å². The Hall–Kier alpha value is -6.38. The third-order valence-electron chi connectivity index (χ3n) is 11.2. The first-order chi connectivity index (χ1) is 25.4. The lowest BCUT2D eigenvalue weighted by Crippen LogP contribution is -2.10. The van der Waals surface area contributed by atoms with Crippen molar-refractivity contribution in [3.05, 3.63) is 157 Å². The Morgan fingerprint density at radius 1 is 0.365 bits per heavy atom. The lowest BCUT2D eigenvalue weighted by molar-refractivity contribution is 0.591. The molecule has 0 saturated carbocycles. The molecular weight excluding hydrogens is 633 g/mol. The van der Waals surface area contributed by atoms with Gasteiger partial charge in [-0.1, -0.05) is 142 Å². The number of benzene rings is 9. The molecule has 0 radical (unpaired) electrons. The maximum absolute atomic E-state index is 6.64. The van der Waals surface area contributed by atoms with Crippen molar-refractivity contribution in [3.8, 4) is 33.4 Å². The van der Waals surface area contributed by atoms with Crippen molar-refractivity contribution < 1.29 is 8.83 Å². The van der Waals surface area contributed by atoms with Crippen molar-refractivity contribution in [1.29, 1.82) is 0 Å². The molecular formula is C50H34O2. The van der Waals surface area contributed by atoms with Crippen molar-refractivity contribution in [2.75, 3.05) is 0 Å². The average molecular weight is 667 g/mol. The summed E-state index contributed by atoms with van der Waals surface area (Å²) in [5, 5.41) is 12.3. The van der Waals surface area contributed by atoms with Crippen molar-refractivity contribution in [3.63, 3.8) is 0 Å². The summed E-state index contributed by atoms with van der Waals surface area (Å²) < 4.78 is 12.8. The normalized spacial score (nSPS) is 12.5. The van der Waals surface area contributed by atoms with Crippen LogP contribution < -0.4 is 0 Å². The minimum atomic E-state index is 0.0503. The molecule has 0 atom stereocenters. The molecule has 9 aromatic carbocycles. The molecule has 2 heteroatoms. The van der Waals surface area contributed by atoms with Crippen LogP contribution in [0.2, 0.25) is 0 Å². The molecule has 0 saturated heterocycles. The molecule has 0 aliphatic heterocycles. The van der Waals surface area contributed by atoms with Crippen LogP contribution in [0.15, 0.2) is 160 Å². The maximum atomic E-state index is 6.64. The molecule has 0 amide bonds. The molecule has 0 aliphatic carbocycles. The highest BCUT2D eigenvalue weighted by molar-refractivity contribution is 6.29. The Balaban J connectivity index is 1.16.